The van der Waals surface area contributed by atoms with Gasteiger partial charge in [-0.25, -0.2) is 0 Å². The Morgan fingerprint density at radius 1 is 1.00 bits per heavy atom. The molecule has 1 amide bonds. The lowest BCUT2D eigenvalue weighted by Crippen LogP contribution is -2.25. The first kappa shape index (κ1) is 26.3. The normalized spacial score (nSPS) is 18.0. The summed E-state index contributed by atoms with van der Waals surface area (Å²) >= 11 is 0. The molecule has 0 bridgehead atoms. The van der Waals surface area contributed by atoms with E-state index in [0.29, 0.717) is 0 Å². The van der Waals surface area contributed by atoms with Crippen LogP contribution in [-0.2, 0) is 11.2 Å². The number of rotatable bonds is 11. The standard InChI is InChI=1S/C32H45NO/c1-6-8-9-11-26-13-15-28(16-14-26)29-19-20-31(25(4)23-29)30-18-17-27(24(3)22-30)12-10-21-33(5)32(34)7-2/h7,17-20,22-23,26,28H,2,6,8-16,21H2,1,3-5H3. The van der Waals surface area contributed by atoms with Crippen molar-refractivity contribution >= 4 is 5.91 Å². The average molecular weight is 460 g/mol. The molecule has 2 aromatic rings. The van der Waals surface area contributed by atoms with Gasteiger partial charge in [0.25, 0.3) is 0 Å². The van der Waals surface area contributed by atoms with E-state index in [1.54, 1.807) is 10.5 Å². The minimum absolute atomic E-state index is 0.00832. The third kappa shape index (κ3) is 7.08. The number of hydrogen-bond acceptors (Lipinski definition) is 1. The summed E-state index contributed by atoms with van der Waals surface area (Å²) in [6.45, 7) is 11.1. The molecule has 184 valence electrons. The van der Waals surface area contributed by atoms with Crippen LogP contribution in [0.3, 0.4) is 0 Å². The Morgan fingerprint density at radius 3 is 2.41 bits per heavy atom. The molecular weight excluding hydrogens is 414 g/mol. The van der Waals surface area contributed by atoms with E-state index in [1.807, 2.05) is 7.05 Å². The second kappa shape index (κ2) is 12.9. The molecule has 0 heterocycles. The largest absolute Gasteiger partial charge is 0.342 e. The summed E-state index contributed by atoms with van der Waals surface area (Å²) in [5, 5.41) is 0. The smallest absolute Gasteiger partial charge is 0.245 e. The molecule has 2 aromatic carbocycles. The molecule has 0 aliphatic heterocycles. The Bertz CT molecular complexity index is 951. The zero-order valence-corrected chi connectivity index (χ0v) is 22.0. The Morgan fingerprint density at radius 2 is 1.76 bits per heavy atom. The number of likely N-dealkylation sites (N-methyl/N-ethyl adjacent to an activating group) is 1. The Kier molecular flexibility index (Phi) is 9.99. The topological polar surface area (TPSA) is 20.3 Å². The van der Waals surface area contributed by atoms with Gasteiger partial charge in [-0.3, -0.25) is 4.79 Å². The van der Waals surface area contributed by atoms with Crippen LogP contribution in [0.15, 0.2) is 49.1 Å². The van der Waals surface area contributed by atoms with Crippen molar-refractivity contribution in [2.75, 3.05) is 13.6 Å². The number of aryl methyl sites for hydroxylation is 3. The molecule has 0 unspecified atom stereocenters. The second-order valence-corrected chi connectivity index (χ2v) is 10.5. The van der Waals surface area contributed by atoms with Crippen molar-refractivity contribution < 1.29 is 4.79 Å². The zero-order valence-electron chi connectivity index (χ0n) is 22.0. The molecule has 1 saturated carbocycles. The molecule has 0 saturated heterocycles. The molecule has 0 radical (unpaired) electrons. The summed E-state index contributed by atoms with van der Waals surface area (Å²) in [4.78, 5) is 13.4. The summed E-state index contributed by atoms with van der Waals surface area (Å²) in [6.07, 6.45) is 14.5. The van der Waals surface area contributed by atoms with E-state index in [4.69, 9.17) is 0 Å². The molecule has 34 heavy (non-hydrogen) atoms. The van der Waals surface area contributed by atoms with Crippen LogP contribution in [0.4, 0.5) is 0 Å². The van der Waals surface area contributed by atoms with Crippen molar-refractivity contribution in [1.82, 2.24) is 4.90 Å². The first-order valence-corrected chi connectivity index (χ1v) is 13.5. The molecule has 2 heteroatoms. The lowest BCUT2D eigenvalue weighted by atomic mass is 9.76. The number of benzene rings is 2. The van der Waals surface area contributed by atoms with Crippen molar-refractivity contribution in [3.63, 3.8) is 0 Å². The van der Waals surface area contributed by atoms with E-state index < -0.39 is 0 Å². The molecule has 0 N–H and O–H groups in total. The third-order valence-electron chi connectivity index (χ3n) is 7.93. The summed E-state index contributed by atoms with van der Waals surface area (Å²) in [6, 6.07) is 14.1. The predicted molar refractivity (Wildman–Crippen MR) is 146 cm³/mol. The minimum Gasteiger partial charge on any atom is -0.342 e. The van der Waals surface area contributed by atoms with E-state index in [1.165, 1.54) is 85.3 Å². The summed E-state index contributed by atoms with van der Waals surface area (Å²) < 4.78 is 0. The van der Waals surface area contributed by atoms with Gasteiger partial charge in [0.1, 0.15) is 0 Å². The number of amides is 1. The SMILES string of the molecule is C=CC(=O)N(C)CCCc1ccc(-c2ccc(C3CCC(CCCCC)CC3)cc2C)cc1C. The number of carbonyl (C=O) groups excluding carboxylic acids is 1. The summed E-state index contributed by atoms with van der Waals surface area (Å²) in [5.74, 6) is 1.70. The molecular formula is C32H45NO. The highest BCUT2D eigenvalue weighted by atomic mass is 16.2. The van der Waals surface area contributed by atoms with Crippen LogP contribution < -0.4 is 0 Å². The molecule has 3 rings (SSSR count). The minimum atomic E-state index is -0.00832. The van der Waals surface area contributed by atoms with Gasteiger partial charge in [-0.2, -0.15) is 0 Å². The van der Waals surface area contributed by atoms with Crippen molar-refractivity contribution in [3.05, 3.63) is 71.3 Å². The van der Waals surface area contributed by atoms with Gasteiger partial charge in [-0.1, -0.05) is 75.6 Å². The molecule has 1 aliphatic carbocycles. The second-order valence-electron chi connectivity index (χ2n) is 10.5. The summed E-state index contributed by atoms with van der Waals surface area (Å²) in [5.41, 5.74) is 8.29. The molecule has 1 aliphatic rings. The van der Waals surface area contributed by atoms with Crippen molar-refractivity contribution in [1.29, 1.82) is 0 Å². The fourth-order valence-electron chi connectivity index (χ4n) is 5.65. The number of carbonyl (C=O) groups is 1. The van der Waals surface area contributed by atoms with Crippen LogP contribution in [0.25, 0.3) is 11.1 Å². The van der Waals surface area contributed by atoms with Crippen molar-refractivity contribution in [2.45, 2.75) is 90.9 Å². The van der Waals surface area contributed by atoms with Crippen molar-refractivity contribution in [3.8, 4) is 11.1 Å². The monoisotopic (exact) mass is 459 g/mol. The Hall–Kier alpha value is -2.35. The highest BCUT2D eigenvalue weighted by molar-refractivity contribution is 5.86. The maximum atomic E-state index is 11.7. The quantitative estimate of drug-likeness (QED) is 0.244. The molecule has 2 nitrogen and oxygen atoms in total. The van der Waals surface area contributed by atoms with Gasteiger partial charge in [0, 0.05) is 13.6 Å². The highest BCUT2D eigenvalue weighted by Crippen LogP contribution is 2.39. The highest BCUT2D eigenvalue weighted by Gasteiger charge is 2.22. The van der Waals surface area contributed by atoms with Gasteiger partial charge in [-0.15, -0.1) is 0 Å². The maximum absolute atomic E-state index is 11.7. The maximum Gasteiger partial charge on any atom is 0.245 e. The average Bonchev–Trinajstić information content (AvgIpc) is 2.85. The van der Waals surface area contributed by atoms with Gasteiger partial charge < -0.3 is 4.90 Å². The van der Waals surface area contributed by atoms with E-state index in [-0.39, 0.29) is 5.91 Å². The van der Waals surface area contributed by atoms with Crippen molar-refractivity contribution in [2.24, 2.45) is 5.92 Å². The predicted octanol–water partition coefficient (Wildman–Crippen LogP) is 8.40. The molecule has 1 fully saturated rings. The van der Waals surface area contributed by atoms with E-state index >= 15 is 0 Å². The van der Waals surface area contributed by atoms with Crippen LogP contribution >= 0.6 is 0 Å². The molecule has 0 aromatic heterocycles. The van der Waals surface area contributed by atoms with E-state index in [2.05, 4.69) is 63.7 Å². The van der Waals surface area contributed by atoms with Gasteiger partial charge in [0.15, 0.2) is 0 Å². The Labute approximate surface area is 208 Å². The van der Waals surface area contributed by atoms with Gasteiger partial charge in [0.05, 0.1) is 0 Å². The molecule has 0 spiro atoms. The van der Waals surface area contributed by atoms with Gasteiger partial charge >= 0.3 is 0 Å². The fourth-order valence-corrected chi connectivity index (χ4v) is 5.65. The summed E-state index contributed by atoms with van der Waals surface area (Å²) in [7, 11) is 1.84. The lowest BCUT2D eigenvalue weighted by Gasteiger charge is -2.29. The van der Waals surface area contributed by atoms with Crippen LogP contribution in [0.5, 0.6) is 0 Å². The van der Waals surface area contributed by atoms with E-state index in [0.717, 1.165) is 31.2 Å². The fraction of sp³-hybridized carbons (Fsp3) is 0.531. The van der Waals surface area contributed by atoms with Crippen LogP contribution in [0.2, 0.25) is 0 Å². The number of hydrogen-bond donors (Lipinski definition) is 0. The van der Waals surface area contributed by atoms with Crippen LogP contribution in [-0.4, -0.2) is 24.4 Å². The van der Waals surface area contributed by atoms with Gasteiger partial charge in [0.2, 0.25) is 5.91 Å². The van der Waals surface area contributed by atoms with Gasteiger partial charge in [-0.05, 0) is 104 Å². The Balaban J connectivity index is 1.59. The third-order valence-corrected chi connectivity index (χ3v) is 7.93. The zero-order chi connectivity index (χ0) is 24.5. The number of nitrogens with zero attached hydrogens (tertiary/aromatic N) is 1. The van der Waals surface area contributed by atoms with E-state index in [9.17, 15) is 4.79 Å². The first-order valence-electron chi connectivity index (χ1n) is 13.5. The van der Waals surface area contributed by atoms with Crippen LogP contribution in [0.1, 0.15) is 92.9 Å². The van der Waals surface area contributed by atoms with Crippen LogP contribution in [0, 0.1) is 19.8 Å². The number of unbranched alkanes of at least 4 members (excludes halogenated alkanes) is 2. The first-order chi connectivity index (χ1) is 16.4. The molecule has 0 atom stereocenters. The lowest BCUT2D eigenvalue weighted by molar-refractivity contribution is -0.124.